The second kappa shape index (κ2) is 3.71. The Morgan fingerprint density at radius 1 is 1.33 bits per heavy atom. The molecule has 2 aliphatic heterocycles. The van der Waals surface area contributed by atoms with Gasteiger partial charge < -0.3 is 0 Å². The molecule has 0 amide bonds. The first-order chi connectivity index (χ1) is 5.68. The van der Waals surface area contributed by atoms with Crippen molar-refractivity contribution in [2.75, 3.05) is 5.75 Å². The predicted octanol–water partition coefficient (Wildman–Crippen LogP) is 3.47. The molecule has 4 atom stereocenters. The maximum absolute atomic E-state index is 5.28. The summed E-state index contributed by atoms with van der Waals surface area (Å²) >= 11 is 11.2. The molecule has 2 rings (SSSR count). The van der Waals surface area contributed by atoms with Gasteiger partial charge in [-0.1, -0.05) is 37.8 Å². The molecular weight excluding hydrogens is 224 g/mol. The highest BCUT2D eigenvalue weighted by Gasteiger charge is 2.40. The lowest BCUT2D eigenvalue weighted by Gasteiger charge is -2.42. The van der Waals surface area contributed by atoms with Gasteiger partial charge in [0, 0.05) is 5.25 Å². The van der Waals surface area contributed by atoms with Crippen molar-refractivity contribution in [1.29, 1.82) is 0 Å². The minimum Gasteiger partial charge on any atom is -0.147 e. The molecule has 0 aromatic rings. The second-order valence-corrected chi connectivity index (χ2v) is 8.48. The van der Waals surface area contributed by atoms with Crippen LogP contribution in [-0.2, 0) is 0 Å². The van der Waals surface area contributed by atoms with Crippen LogP contribution >= 0.6 is 47.5 Å². The Hall–Kier alpha value is 1.14. The summed E-state index contributed by atoms with van der Waals surface area (Å²) in [6, 6.07) is 0. The van der Waals surface area contributed by atoms with Crippen LogP contribution in [0.15, 0.2) is 0 Å². The normalized spacial score (nSPS) is 47.7. The molecule has 2 heterocycles. The molecule has 4 unspecified atom stereocenters. The Morgan fingerprint density at radius 2 is 2.08 bits per heavy atom. The summed E-state index contributed by atoms with van der Waals surface area (Å²) in [5, 5.41) is 0.796. The van der Waals surface area contributed by atoms with Crippen molar-refractivity contribution in [2.24, 2.45) is 11.8 Å². The van der Waals surface area contributed by atoms with Gasteiger partial charge in [-0.05, 0) is 17.6 Å². The molecular formula is C8H12S4. The van der Waals surface area contributed by atoms with E-state index in [1.807, 2.05) is 23.5 Å². The Kier molecular flexibility index (Phi) is 3.00. The number of hydrogen-bond donors (Lipinski definition) is 0. The van der Waals surface area contributed by atoms with E-state index in [0.29, 0.717) is 0 Å². The lowest BCUT2D eigenvalue weighted by atomic mass is 9.99. The van der Waals surface area contributed by atoms with Crippen LogP contribution in [0, 0.1) is 11.8 Å². The van der Waals surface area contributed by atoms with Crippen LogP contribution in [0.3, 0.4) is 0 Å². The molecule has 0 saturated carbocycles. The first kappa shape index (κ1) is 9.69. The maximum atomic E-state index is 5.28. The lowest BCUT2D eigenvalue weighted by molar-refractivity contribution is 0.472. The van der Waals surface area contributed by atoms with Crippen molar-refractivity contribution in [2.45, 2.75) is 23.7 Å². The SMILES string of the molecule is CC1CSC2SC(=S)SC1C2C. The molecule has 0 N–H and O–H groups in total. The molecule has 0 nitrogen and oxygen atoms in total. The predicted molar refractivity (Wildman–Crippen MR) is 66.1 cm³/mol. The molecule has 12 heavy (non-hydrogen) atoms. The van der Waals surface area contributed by atoms with Crippen molar-refractivity contribution < 1.29 is 0 Å². The quantitative estimate of drug-likeness (QED) is 0.590. The van der Waals surface area contributed by atoms with E-state index in [0.717, 1.165) is 21.7 Å². The average molecular weight is 236 g/mol. The van der Waals surface area contributed by atoms with Crippen molar-refractivity contribution in [3.05, 3.63) is 0 Å². The summed E-state index contributed by atoms with van der Waals surface area (Å²) in [5.41, 5.74) is 0. The summed E-state index contributed by atoms with van der Waals surface area (Å²) in [6.07, 6.45) is 0. The van der Waals surface area contributed by atoms with E-state index < -0.39 is 0 Å². The van der Waals surface area contributed by atoms with Crippen LogP contribution in [-0.4, -0.2) is 19.1 Å². The van der Waals surface area contributed by atoms with Crippen molar-refractivity contribution in [3.63, 3.8) is 0 Å². The van der Waals surface area contributed by atoms with E-state index in [2.05, 4.69) is 25.6 Å². The Bertz CT molecular complexity index is 203. The Morgan fingerprint density at radius 3 is 2.83 bits per heavy atom. The van der Waals surface area contributed by atoms with Gasteiger partial charge in [0.25, 0.3) is 0 Å². The second-order valence-electron chi connectivity index (χ2n) is 3.49. The number of fused-ring (bicyclic) bond motifs is 2. The van der Waals surface area contributed by atoms with Crippen molar-refractivity contribution in [3.8, 4) is 0 Å². The zero-order valence-corrected chi connectivity index (χ0v) is 10.4. The van der Waals surface area contributed by atoms with Gasteiger partial charge in [-0.25, -0.2) is 0 Å². The summed E-state index contributed by atoms with van der Waals surface area (Å²) in [4.78, 5) is 0. The number of thioether (sulfide) groups is 3. The molecule has 2 saturated heterocycles. The largest absolute Gasteiger partial charge is 0.147 e. The molecule has 68 valence electrons. The standard InChI is InChI=1S/C8H12S4/c1-4-3-10-7-5(2)6(4)11-8(9)12-7/h4-7H,3H2,1-2H3. The first-order valence-electron chi connectivity index (χ1n) is 4.17. The third kappa shape index (κ3) is 1.68. The molecule has 0 aliphatic carbocycles. The summed E-state index contributed by atoms with van der Waals surface area (Å²) in [5.74, 6) is 2.99. The average Bonchev–Trinajstić information content (AvgIpc) is 2.01. The zero-order chi connectivity index (χ0) is 8.72. The topological polar surface area (TPSA) is 0 Å². The summed E-state index contributed by atoms with van der Waals surface area (Å²) < 4.78 is 1.92. The van der Waals surface area contributed by atoms with Gasteiger partial charge in [-0.3, -0.25) is 0 Å². The van der Waals surface area contributed by atoms with Crippen LogP contribution in [0.25, 0.3) is 0 Å². The fourth-order valence-electron chi connectivity index (χ4n) is 1.76. The Labute approximate surface area is 92.0 Å². The smallest absolute Gasteiger partial charge is 0.105 e. The van der Waals surface area contributed by atoms with E-state index >= 15 is 0 Å². The third-order valence-electron chi connectivity index (χ3n) is 2.48. The van der Waals surface area contributed by atoms with Gasteiger partial charge >= 0.3 is 0 Å². The van der Waals surface area contributed by atoms with Crippen LogP contribution in [0.2, 0.25) is 0 Å². The summed E-state index contributed by atoms with van der Waals surface area (Å²) in [7, 11) is 0. The minimum atomic E-state index is 0.750. The van der Waals surface area contributed by atoms with Gasteiger partial charge in [0.1, 0.15) is 3.53 Å². The van der Waals surface area contributed by atoms with E-state index in [9.17, 15) is 0 Å². The third-order valence-corrected chi connectivity index (χ3v) is 8.02. The van der Waals surface area contributed by atoms with E-state index in [1.165, 1.54) is 9.28 Å². The van der Waals surface area contributed by atoms with Gasteiger partial charge in [-0.2, -0.15) is 0 Å². The number of rotatable bonds is 0. The monoisotopic (exact) mass is 236 g/mol. The van der Waals surface area contributed by atoms with Gasteiger partial charge in [0.2, 0.25) is 0 Å². The first-order valence-corrected chi connectivity index (χ1v) is 7.39. The van der Waals surface area contributed by atoms with Gasteiger partial charge in [-0.15, -0.1) is 23.5 Å². The van der Waals surface area contributed by atoms with E-state index in [4.69, 9.17) is 12.2 Å². The number of thiocarbonyl (C=S) groups is 1. The molecule has 2 aliphatic rings. The minimum absolute atomic E-state index is 0.750. The maximum Gasteiger partial charge on any atom is 0.105 e. The molecule has 2 fully saturated rings. The molecule has 2 bridgehead atoms. The molecule has 0 spiro atoms. The van der Waals surface area contributed by atoms with Crippen LogP contribution in [0.1, 0.15) is 13.8 Å². The van der Waals surface area contributed by atoms with Crippen LogP contribution in [0.5, 0.6) is 0 Å². The summed E-state index contributed by atoms with van der Waals surface area (Å²) in [6.45, 7) is 4.73. The lowest BCUT2D eigenvalue weighted by Crippen LogP contribution is -2.39. The molecule has 0 aromatic heterocycles. The highest BCUT2D eigenvalue weighted by Crippen LogP contribution is 2.52. The highest BCUT2D eigenvalue weighted by molar-refractivity contribution is 8.50. The van der Waals surface area contributed by atoms with Gasteiger partial charge in [0.15, 0.2) is 0 Å². The zero-order valence-electron chi connectivity index (χ0n) is 7.15. The van der Waals surface area contributed by atoms with E-state index in [1.54, 1.807) is 0 Å². The fourth-order valence-corrected chi connectivity index (χ4v) is 7.43. The van der Waals surface area contributed by atoms with Crippen molar-refractivity contribution in [1.82, 2.24) is 0 Å². The molecule has 0 radical (unpaired) electrons. The highest BCUT2D eigenvalue weighted by atomic mass is 32.3. The van der Waals surface area contributed by atoms with Crippen molar-refractivity contribution >= 4 is 51.0 Å². The molecule has 4 heteroatoms. The van der Waals surface area contributed by atoms with Gasteiger partial charge in [0.05, 0.1) is 4.58 Å². The molecule has 0 aromatic carbocycles. The number of hydrogen-bond acceptors (Lipinski definition) is 4. The van der Waals surface area contributed by atoms with Crippen LogP contribution < -0.4 is 0 Å². The van der Waals surface area contributed by atoms with Crippen LogP contribution in [0.4, 0.5) is 0 Å². The fraction of sp³-hybridized carbons (Fsp3) is 0.875. The Balaban J connectivity index is 2.16. The van der Waals surface area contributed by atoms with E-state index in [-0.39, 0.29) is 0 Å².